The smallest absolute Gasteiger partial charge is 0.408 e. The third kappa shape index (κ3) is 16.0. The molecule has 2 heterocycles. The van der Waals surface area contributed by atoms with Crippen LogP contribution in [0.25, 0.3) is 0 Å². The van der Waals surface area contributed by atoms with Gasteiger partial charge in [-0.2, -0.15) is 0 Å². The number of amides is 5. The monoisotopic (exact) mass is 808 g/mol. The fourth-order valence-electron chi connectivity index (χ4n) is 6.11. The molecule has 0 fully saturated rings. The molecule has 7 atom stereocenters. The molecular weight excluding hydrogens is 749 g/mol. The van der Waals surface area contributed by atoms with Crippen molar-refractivity contribution in [3.8, 4) is 0 Å². The molecule has 3 rings (SSSR count). The van der Waals surface area contributed by atoms with E-state index < -0.39 is 77.5 Å². The van der Waals surface area contributed by atoms with E-state index in [2.05, 4.69) is 46.5 Å². The topological polar surface area (TPSA) is 275 Å². The Hall–Kier alpha value is -5.78. The molecule has 18 nitrogen and oxygen atoms in total. The minimum Gasteiger partial charge on any atom is -0.480 e. The molecule has 0 unspecified atom stereocenters. The summed E-state index contributed by atoms with van der Waals surface area (Å²) in [6.45, 7) is 12.6. The van der Waals surface area contributed by atoms with E-state index >= 15 is 0 Å². The average molecular weight is 809 g/mol. The van der Waals surface area contributed by atoms with Crippen molar-refractivity contribution in [2.24, 2.45) is 17.6 Å². The minimum atomic E-state index is -1.28. The van der Waals surface area contributed by atoms with Gasteiger partial charge in [-0.1, -0.05) is 64.4 Å². The number of carbonyl (C=O) groups excluding carboxylic acids is 5. The number of carboxylic acid groups (broad SMARTS) is 1. The molecule has 58 heavy (non-hydrogen) atoms. The zero-order valence-electron chi connectivity index (χ0n) is 34.3. The second-order valence-corrected chi connectivity index (χ2v) is 16.0. The Morgan fingerprint density at radius 2 is 1.33 bits per heavy atom. The van der Waals surface area contributed by atoms with Crippen molar-refractivity contribution in [1.82, 2.24) is 46.5 Å². The van der Waals surface area contributed by atoms with E-state index in [1.165, 1.54) is 25.0 Å². The number of nitrogens with one attached hydrogen (secondary N) is 7. The Bertz CT molecular complexity index is 1760. The predicted octanol–water partition coefficient (Wildman–Crippen LogP) is 1.89. The number of aliphatic carboxylic acids is 1. The highest BCUT2D eigenvalue weighted by Gasteiger charge is 2.34. The first-order chi connectivity index (χ1) is 27.3. The number of nitrogens with zero attached hydrogens (tertiary/aromatic N) is 2. The van der Waals surface area contributed by atoms with Crippen LogP contribution in [0.15, 0.2) is 55.4 Å². The Labute approximate surface area is 339 Å². The maximum atomic E-state index is 14.1. The summed E-state index contributed by atoms with van der Waals surface area (Å²) in [5, 5.41) is 23.4. The van der Waals surface area contributed by atoms with E-state index in [-0.39, 0.29) is 37.5 Å². The van der Waals surface area contributed by atoms with Gasteiger partial charge < -0.3 is 52.1 Å². The van der Waals surface area contributed by atoms with Gasteiger partial charge in [0.15, 0.2) is 0 Å². The van der Waals surface area contributed by atoms with E-state index in [1.807, 2.05) is 51.1 Å². The number of ether oxygens (including phenoxy) is 1. The minimum absolute atomic E-state index is 0.00952. The Kier molecular flexibility index (Phi) is 17.9. The number of aromatic nitrogens is 4. The lowest BCUT2D eigenvalue weighted by Gasteiger charge is -2.30. The highest BCUT2D eigenvalue weighted by molar-refractivity contribution is 5.92. The number of rotatable bonds is 22. The molecule has 0 radical (unpaired) electrons. The molecule has 1 aromatic carbocycles. The highest BCUT2D eigenvalue weighted by atomic mass is 16.6. The summed E-state index contributed by atoms with van der Waals surface area (Å²) in [5.74, 6) is -4.06. The van der Waals surface area contributed by atoms with Crippen LogP contribution in [0.4, 0.5) is 4.79 Å². The van der Waals surface area contributed by atoms with Crippen LogP contribution in [-0.2, 0) is 48.0 Å². The van der Waals surface area contributed by atoms with Crippen LogP contribution in [0, 0.1) is 11.8 Å². The quantitative estimate of drug-likeness (QED) is 0.0707. The third-order valence-electron chi connectivity index (χ3n) is 9.30. The maximum absolute atomic E-state index is 14.1. The summed E-state index contributed by atoms with van der Waals surface area (Å²) >= 11 is 0. The number of H-pyrrole nitrogens is 2. The van der Waals surface area contributed by atoms with Crippen molar-refractivity contribution < 1.29 is 38.6 Å². The SMILES string of the molecule is CC[C@H](C)[C@H](NC(=O)C[C@H](N)[C@H](CC(C)C)NC(=O)[C@H](Cc1cnc[nH]1)NC(=O)[C@H](Cc1ccccc1)NC(=O)OC(C)(C)C)C(=O)N[C@@H](Cc1cnc[nH]1)C(=O)O. The number of nitrogens with two attached hydrogens (primary N) is 1. The fourth-order valence-corrected chi connectivity index (χ4v) is 6.11. The lowest BCUT2D eigenvalue weighted by Crippen LogP contribution is -2.59. The van der Waals surface area contributed by atoms with E-state index in [0.717, 1.165) is 5.56 Å². The first-order valence-corrected chi connectivity index (χ1v) is 19.5. The maximum Gasteiger partial charge on any atom is 0.408 e. The first kappa shape index (κ1) is 46.6. The fraction of sp³-hybridized carbons (Fsp3) is 0.550. The zero-order chi connectivity index (χ0) is 43.0. The van der Waals surface area contributed by atoms with Gasteiger partial charge in [-0.15, -0.1) is 0 Å². The molecular formula is C40H60N10O8. The molecule has 10 N–H and O–H groups in total. The molecule has 318 valence electrons. The largest absolute Gasteiger partial charge is 0.480 e. The normalized spacial score (nSPS) is 15.1. The van der Waals surface area contributed by atoms with Crippen LogP contribution in [-0.4, -0.2) is 103 Å². The van der Waals surface area contributed by atoms with Crippen LogP contribution >= 0.6 is 0 Å². The highest BCUT2D eigenvalue weighted by Crippen LogP contribution is 2.15. The van der Waals surface area contributed by atoms with Gasteiger partial charge in [0, 0.05) is 61.5 Å². The molecule has 0 saturated carbocycles. The average Bonchev–Trinajstić information content (AvgIpc) is 3.86. The number of hydrogen-bond donors (Lipinski definition) is 9. The van der Waals surface area contributed by atoms with Gasteiger partial charge in [0.25, 0.3) is 0 Å². The number of carbonyl (C=O) groups is 6. The van der Waals surface area contributed by atoms with Gasteiger partial charge in [-0.25, -0.2) is 19.6 Å². The molecule has 2 aromatic heterocycles. The summed E-state index contributed by atoms with van der Waals surface area (Å²) in [7, 11) is 0. The molecule has 3 aromatic rings. The van der Waals surface area contributed by atoms with Crippen LogP contribution in [0.3, 0.4) is 0 Å². The molecule has 0 spiro atoms. The third-order valence-corrected chi connectivity index (χ3v) is 9.30. The molecule has 18 heteroatoms. The number of benzene rings is 1. The Morgan fingerprint density at radius 1 is 0.776 bits per heavy atom. The molecule has 5 amide bonds. The van der Waals surface area contributed by atoms with Gasteiger partial charge in [-0.05, 0) is 44.6 Å². The summed E-state index contributed by atoms with van der Waals surface area (Å²) in [6.07, 6.45) is 5.68. The molecule has 0 aliphatic rings. The lowest BCUT2D eigenvalue weighted by atomic mass is 9.94. The zero-order valence-corrected chi connectivity index (χ0v) is 34.3. The number of alkyl carbamates (subject to hydrolysis) is 1. The second-order valence-electron chi connectivity index (χ2n) is 16.0. The molecule has 0 bridgehead atoms. The summed E-state index contributed by atoms with van der Waals surface area (Å²) < 4.78 is 5.42. The summed E-state index contributed by atoms with van der Waals surface area (Å²) in [4.78, 5) is 93.5. The van der Waals surface area contributed by atoms with E-state index in [4.69, 9.17) is 10.5 Å². The van der Waals surface area contributed by atoms with Crippen LogP contribution < -0.4 is 32.3 Å². The van der Waals surface area contributed by atoms with Gasteiger partial charge in [0.05, 0.1) is 12.7 Å². The van der Waals surface area contributed by atoms with Gasteiger partial charge >= 0.3 is 12.1 Å². The number of hydrogen-bond acceptors (Lipinski definition) is 10. The predicted molar refractivity (Wildman–Crippen MR) is 215 cm³/mol. The van der Waals surface area contributed by atoms with E-state index in [9.17, 15) is 33.9 Å². The Balaban J connectivity index is 1.78. The van der Waals surface area contributed by atoms with Crippen molar-refractivity contribution in [3.05, 3.63) is 72.3 Å². The summed E-state index contributed by atoms with van der Waals surface area (Å²) in [5.41, 5.74) is 7.62. The van der Waals surface area contributed by atoms with Crippen molar-refractivity contribution in [2.75, 3.05) is 0 Å². The summed E-state index contributed by atoms with van der Waals surface area (Å²) in [6, 6.07) is 2.77. The van der Waals surface area contributed by atoms with Gasteiger partial charge in [-0.3, -0.25) is 19.2 Å². The second kappa shape index (κ2) is 22.2. The van der Waals surface area contributed by atoms with E-state index in [0.29, 0.717) is 24.2 Å². The molecule has 0 saturated heterocycles. The van der Waals surface area contributed by atoms with Gasteiger partial charge in [0.1, 0.15) is 29.8 Å². The standard InChI is InChI=1S/C40H60N10O8/c1-8-24(4)34(37(54)48-32(38(55)56)17-27-20-43-22-45-27)50-33(51)18-28(41)29(14-23(2)3)46-36(53)31(16-26-19-42-21-44-26)47-35(52)30(15-25-12-10-9-11-13-25)49-39(57)58-40(5,6)7/h9-13,19-24,28-32,34H,8,14-18,41H2,1-7H3,(H,42,44)(H,43,45)(H,46,53)(H,47,52)(H,48,54)(H,49,57)(H,50,51)(H,55,56)/t24-,28-,29-,30-,31-,32-,34-/m0/s1. The van der Waals surface area contributed by atoms with Crippen molar-refractivity contribution in [1.29, 1.82) is 0 Å². The number of carboxylic acids is 1. The van der Waals surface area contributed by atoms with Crippen molar-refractivity contribution in [2.45, 2.75) is 129 Å². The van der Waals surface area contributed by atoms with Crippen LogP contribution in [0.1, 0.15) is 84.7 Å². The number of imidazole rings is 2. The van der Waals surface area contributed by atoms with Crippen molar-refractivity contribution in [3.63, 3.8) is 0 Å². The van der Waals surface area contributed by atoms with Crippen LogP contribution in [0.2, 0.25) is 0 Å². The van der Waals surface area contributed by atoms with E-state index in [1.54, 1.807) is 27.7 Å². The molecule has 0 aliphatic heterocycles. The first-order valence-electron chi connectivity index (χ1n) is 19.5. The Morgan fingerprint density at radius 3 is 1.84 bits per heavy atom. The van der Waals surface area contributed by atoms with Crippen molar-refractivity contribution >= 4 is 35.7 Å². The lowest BCUT2D eigenvalue weighted by molar-refractivity contribution is -0.142. The number of aromatic amines is 2. The molecule has 0 aliphatic carbocycles. The van der Waals surface area contributed by atoms with Gasteiger partial charge in [0.2, 0.25) is 23.6 Å². The van der Waals surface area contributed by atoms with Crippen LogP contribution in [0.5, 0.6) is 0 Å².